The summed E-state index contributed by atoms with van der Waals surface area (Å²) in [6.45, 7) is 13.4. The number of carbonyl (C=O) groups excluding carboxylic acids is 3. The van der Waals surface area contributed by atoms with E-state index in [1.54, 1.807) is 62.6 Å². The van der Waals surface area contributed by atoms with Gasteiger partial charge in [0.25, 0.3) is 5.91 Å². The molecule has 3 amide bonds. The maximum atomic E-state index is 14.5. The summed E-state index contributed by atoms with van der Waals surface area (Å²) in [6, 6.07) is 8.96. The first kappa shape index (κ1) is 37.0. The molecular weight excluding hydrogens is 574 g/mol. The van der Waals surface area contributed by atoms with E-state index < -0.39 is 29.7 Å². The summed E-state index contributed by atoms with van der Waals surface area (Å²) in [5.41, 5.74) is 2.66. The van der Waals surface area contributed by atoms with Gasteiger partial charge in [-0.25, -0.2) is 4.79 Å². The van der Waals surface area contributed by atoms with Crippen molar-refractivity contribution in [2.75, 3.05) is 23.9 Å². The topological polar surface area (TPSA) is 108 Å². The van der Waals surface area contributed by atoms with E-state index in [1.807, 2.05) is 38.3 Å². The molecule has 2 aromatic rings. The fraction of sp³-hybridized carbons (Fsp3) is 0.571. The summed E-state index contributed by atoms with van der Waals surface area (Å²) in [4.78, 5) is 43.2. The van der Waals surface area contributed by atoms with Crippen molar-refractivity contribution in [1.29, 1.82) is 0 Å². The number of nitrogens with one attached hydrogen (secondary N) is 2. The molecule has 244 valence electrons. The van der Waals surface area contributed by atoms with Crippen LogP contribution in [0.1, 0.15) is 101 Å². The number of para-hydroxylation sites is 2. The van der Waals surface area contributed by atoms with E-state index in [2.05, 4.69) is 17.6 Å². The molecule has 9 heteroatoms. The minimum atomic E-state index is -1.13. The number of nitrogens with zero attached hydrogens (tertiary/aromatic N) is 1. The number of rotatable bonds is 16. The van der Waals surface area contributed by atoms with E-state index in [-0.39, 0.29) is 18.2 Å². The SMILES string of the molecule is CCCCCCCCN(C(=O)C(CCSC)NC(=O)OC(C)(C)C)C(C(=O)Nc1c(C)cccc1C)c1cccc(C)c1O. The number of aryl methyl sites for hydroxylation is 3. The first-order valence-corrected chi connectivity index (χ1v) is 17.1. The summed E-state index contributed by atoms with van der Waals surface area (Å²) in [7, 11) is 0. The minimum absolute atomic E-state index is 0.0318. The monoisotopic (exact) mass is 627 g/mol. The van der Waals surface area contributed by atoms with Gasteiger partial charge in [-0.05, 0) is 83.1 Å². The Labute approximate surface area is 268 Å². The van der Waals surface area contributed by atoms with Crippen molar-refractivity contribution < 1.29 is 24.2 Å². The summed E-state index contributed by atoms with van der Waals surface area (Å²) in [6.07, 6.45) is 7.59. The largest absolute Gasteiger partial charge is 0.507 e. The van der Waals surface area contributed by atoms with Crippen LogP contribution in [0.4, 0.5) is 10.5 Å². The number of benzene rings is 2. The van der Waals surface area contributed by atoms with Crippen molar-refractivity contribution >= 4 is 35.4 Å². The van der Waals surface area contributed by atoms with Gasteiger partial charge in [0.05, 0.1) is 0 Å². The highest BCUT2D eigenvalue weighted by Gasteiger charge is 2.37. The van der Waals surface area contributed by atoms with E-state index in [0.29, 0.717) is 35.4 Å². The molecule has 0 saturated heterocycles. The van der Waals surface area contributed by atoms with Crippen molar-refractivity contribution in [2.24, 2.45) is 0 Å². The number of hydrogen-bond donors (Lipinski definition) is 3. The zero-order chi connectivity index (χ0) is 32.9. The molecule has 0 spiro atoms. The van der Waals surface area contributed by atoms with Crippen LogP contribution in [0.2, 0.25) is 0 Å². The van der Waals surface area contributed by atoms with Gasteiger partial charge in [-0.15, -0.1) is 0 Å². The molecule has 0 aliphatic carbocycles. The fourth-order valence-electron chi connectivity index (χ4n) is 5.13. The molecule has 0 aromatic heterocycles. The van der Waals surface area contributed by atoms with Gasteiger partial charge in [-0.1, -0.05) is 75.4 Å². The van der Waals surface area contributed by atoms with E-state index in [9.17, 15) is 19.5 Å². The van der Waals surface area contributed by atoms with Crippen LogP contribution in [0.25, 0.3) is 0 Å². The maximum Gasteiger partial charge on any atom is 0.408 e. The second kappa shape index (κ2) is 17.9. The zero-order valence-electron chi connectivity index (χ0n) is 27.9. The number of unbranched alkanes of at least 4 members (excludes halogenated alkanes) is 5. The van der Waals surface area contributed by atoms with Gasteiger partial charge >= 0.3 is 6.09 Å². The predicted molar refractivity (Wildman–Crippen MR) is 181 cm³/mol. The number of aromatic hydroxyl groups is 1. The molecule has 0 heterocycles. The Balaban J connectivity index is 2.60. The Hall–Kier alpha value is -3.20. The third kappa shape index (κ3) is 11.4. The lowest BCUT2D eigenvalue weighted by molar-refractivity contribution is -0.141. The van der Waals surface area contributed by atoms with Crippen molar-refractivity contribution in [1.82, 2.24) is 10.2 Å². The van der Waals surface area contributed by atoms with E-state index >= 15 is 0 Å². The molecule has 3 N–H and O–H groups in total. The molecule has 2 aromatic carbocycles. The zero-order valence-corrected chi connectivity index (χ0v) is 28.7. The first-order chi connectivity index (χ1) is 20.8. The molecule has 44 heavy (non-hydrogen) atoms. The molecule has 8 nitrogen and oxygen atoms in total. The number of amides is 3. The summed E-state index contributed by atoms with van der Waals surface area (Å²) in [5, 5.41) is 17.1. The number of alkyl carbamates (subject to hydrolysis) is 1. The normalized spacial score (nSPS) is 12.7. The van der Waals surface area contributed by atoms with E-state index in [4.69, 9.17) is 4.74 Å². The van der Waals surface area contributed by atoms with Gasteiger partial charge in [0.15, 0.2) is 0 Å². The fourth-order valence-corrected chi connectivity index (χ4v) is 5.60. The number of thioether (sulfide) groups is 1. The van der Waals surface area contributed by atoms with Crippen LogP contribution < -0.4 is 10.6 Å². The summed E-state index contributed by atoms with van der Waals surface area (Å²) in [5.74, 6) is -0.230. The quantitative estimate of drug-likeness (QED) is 0.164. The second-order valence-corrected chi connectivity index (χ2v) is 13.4. The van der Waals surface area contributed by atoms with Gasteiger partial charge in [-0.3, -0.25) is 9.59 Å². The third-order valence-electron chi connectivity index (χ3n) is 7.49. The molecule has 2 unspecified atom stereocenters. The van der Waals surface area contributed by atoms with Crippen LogP contribution in [-0.2, 0) is 14.3 Å². The average Bonchev–Trinajstić information content (AvgIpc) is 2.95. The summed E-state index contributed by atoms with van der Waals surface area (Å²) >= 11 is 1.57. The predicted octanol–water partition coefficient (Wildman–Crippen LogP) is 7.83. The highest BCUT2D eigenvalue weighted by atomic mass is 32.2. The average molecular weight is 628 g/mol. The molecule has 0 radical (unpaired) electrons. The van der Waals surface area contributed by atoms with Crippen LogP contribution in [0.5, 0.6) is 5.75 Å². The minimum Gasteiger partial charge on any atom is -0.507 e. The van der Waals surface area contributed by atoms with Gasteiger partial charge in [0.1, 0.15) is 23.4 Å². The molecule has 0 aliphatic heterocycles. The second-order valence-electron chi connectivity index (χ2n) is 12.5. The van der Waals surface area contributed by atoms with Crippen LogP contribution in [0.3, 0.4) is 0 Å². The Morgan fingerprint density at radius 2 is 1.52 bits per heavy atom. The molecular formula is C35H53N3O5S. The lowest BCUT2D eigenvalue weighted by Gasteiger charge is -2.35. The number of anilines is 1. The number of ether oxygens (including phenoxy) is 1. The molecule has 2 rings (SSSR count). The lowest BCUT2D eigenvalue weighted by Crippen LogP contribution is -2.53. The molecule has 0 saturated carbocycles. The van der Waals surface area contributed by atoms with Crippen molar-refractivity contribution in [2.45, 2.75) is 111 Å². The lowest BCUT2D eigenvalue weighted by atomic mass is 9.98. The van der Waals surface area contributed by atoms with Crippen LogP contribution >= 0.6 is 11.8 Å². The molecule has 0 fully saturated rings. The standard InChI is InChI=1S/C35H53N3O5S/c1-9-10-11-12-13-14-22-38(33(41)28(21-23-44-8)36-34(42)43-35(5,6)7)30(27-20-16-19-26(4)31(27)39)32(40)37-29-24(2)17-15-18-25(29)3/h15-20,28,30,39H,9-14,21-23H2,1-8H3,(H,36,42)(H,37,40). The Bertz CT molecular complexity index is 1220. The van der Waals surface area contributed by atoms with Gasteiger partial charge in [0, 0.05) is 17.8 Å². The van der Waals surface area contributed by atoms with Gasteiger partial charge in [-0.2, -0.15) is 11.8 Å². The Morgan fingerprint density at radius 3 is 2.14 bits per heavy atom. The third-order valence-corrected chi connectivity index (χ3v) is 8.13. The van der Waals surface area contributed by atoms with Crippen LogP contribution in [0, 0.1) is 20.8 Å². The van der Waals surface area contributed by atoms with Crippen molar-refractivity contribution in [3.05, 3.63) is 58.7 Å². The number of phenolic OH excluding ortho intramolecular Hbond substituents is 1. The maximum absolute atomic E-state index is 14.5. The van der Waals surface area contributed by atoms with Crippen LogP contribution in [0.15, 0.2) is 36.4 Å². The van der Waals surface area contributed by atoms with E-state index in [0.717, 1.165) is 43.2 Å². The van der Waals surface area contributed by atoms with E-state index in [1.165, 1.54) is 0 Å². The molecule has 2 atom stereocenters. The van der Waals surface area contributed by atoms with Crippen LogP contribution in [-0.4, -0.2) is 58.1 Å². The highest BCUT2D eigenvalue weighted by Crippen LogP contribution is 2.34. The Morgan fingerprint density at radius 1 is 0.932 bits per heavy atom. The summed E-state index contributed by atoms with van der Waals surface area (Å²) < 4.78 is 5.50. The van der Waals surface area contributed by atoms with Gasteiger partial charge < -0.3 is 25.4 Å². The first-order valence-electron chi connectivity index (χ1n) is 15.7. The Kier molecular flexibility index (Phi) is 15.1. The number of carbonyl (C=O) groups is 3. The van der Waals surface area contributed by atoms with Crippen molar-refractivity contribution in [3.63, 3.8) is 0 Å². The smallest absolute Gasteiger partial charge is 0.408 e. The number of phenols is 1. The van der Waals surface area contributed by atoms with Crippen molar-refractivity contribution in [3.8, 4) is 5.75 Å². The number of hydrogen-bond acceptors (Lipinski definition) is 6. The molecule has 0 bridgehead atoms. The van der Waals surface area contributed by atoms with Gasteiger partial charge in [0.2, 0.25) is 5.91 Å². The highest BCUT2D eigenvalue weighted by molar-refractivity contribution is 7.98. The molecule has 0 aliphatic rings.